The van der Waals surface area contributed by atoms with E-state index < -0.39 is 6.04 Å². The van der Waals surface area contributed by atoms with Crippen LogP contribution in [0, 0.1) is 0 Å². The van der Waals surface area contributed by atoms with Crippen molar-refractivity contribution in [2.45, 2.75) is 19.4 Å². The molecule has 0 radical (unpaired) electrons. The van der Waals surface area contributed by atoms with Gasteiger partial charge in [0.1, 0.15) is 0 Å². The first-order valence-electron chi connectivity index (χ1n) is 7.93. The normalized spacial score (nSPS) is 11.3. The molecular formula is C18H19ClN4O3. The first-order valence-corrected chi connectivity index (χ1v) is 8.31. The molecule has 0 saturated heterocycles. The van der Waals surface area contributed by atoms with Crippen LogP contribution in [-0.2, 0) is 14.4 Å². The van der Waals surface area contributed by atoms with Gasteiger partial charge in [0.15, 0.2) is 0 Å². The number of aromatic nitrogens is 1. The fraction of sp³-hybridized carbons (Fsp3) is 0.222. The predicted molar refractivity (Wildman–Crippen MR) is 98.5 cm³/mol. The summed E-state index contributed by atoms with van der Waals surface area (Å²) >= 11 is 5.86. The molecule has 0 spiro atoms. The highest BCUT2D eigenvalue weighted by Crippen LogP contribution is 2.19. The highest BCUT2D eigenvalue weighted by atomic mass is 35.5. The number of halogens is 1. The Labute approximate surface area is 156 Å². The highest BCUT2D eigenvalue weighted by molar-refractivity contribution is 6.30. The third kappa shape index (κ3) is 6.52. The van der Waals surface area contributed by atoms with Crippen molar-refractivity contribution in [3.8, 4) is 0 Å². The Hall–Kier alpha value is -2.93. The number of pyridine rings is 1. The van der Waals surface area contributed by atoms with Crippen molar-refractivity contribution < 1.29 is 14.4 Å². The smallest absolute Gasteiger partial charge is 0.243 e. The van der Waals surface area contributed by atoms with Crippen LogP contribution in [0.4, 0.5) is 5.69 Å². The number of hydrogen-bond donors (Lipinski definition) is 3. The van der Waals surface area contributed by atoms with Crippen LogP contribution in [0.25, 0.3) is 0 Å². The minimum atomic E-state index is -0.508. The molecule has 26 heavy (non-hydrogen) atoms. The molecule has 1 atom stereocenters. The second-order valence-corrected chi connectivity index (χ2v) is 6.01. The molecule has 0 bridgehead atoms. The van der Waals surface area contributed by atoms with Crippen molar-refractivity contribution in [3.05, 3.63) is 59.4 Å². The molecule has 2 aromatic rings. The first-order chi connectivity index (χ1) is 12.4. The molecular weight excluding hydrogens is 356 g/mol. The molecule has 0 aliphatic rings. The van der Waals surface area contributed by atoms with E-state index in [1.165, 1.54) is 13.1 Å². The Bertz CT molecular complexity index is 766. The van der Waals surface area contributed by atoms with Crippen LogP contribution in [0.15, 0.2) is 48.8 Å². The van der Waals surface area contributed by atoms with E-state index >= 15 is 0 Å². The SMILES string of the molecule is CC(=O)N[C@H](CC(=O)NCC(=O)Nc1cccnc1)c1ccc(Cl)cc1. The van der Waals surface area contributed by atoms with Crippen molar-refractivity contribution in [3.63, 3.8) is 0 Å². The number of anilines is 1. The predicted octanol–water partition coefficient (Wildman–Crippen LogP) is 2.06. The molecule has 0 aliphatic carbocycles. The minimum Gasteiger partial charge on any atom is -0.349 e. The number of rotatable bonds is 7. The minimum absolute atomic E-state index is 0.00137. The first kappa shape index (κ1) is 19.4. The summed E-state index contributed by atoms with van der Waals surface area (Å²) in [5.41, 5.74) is 1.29. The van der Waals surface area contributed by atoms with Gasteiger partial charge in [0.2, 0.25) is 17.7 Å². The maximum absolute atomic E-state index is 12.2. The molecule has 3 N–H and O–H groups in total. The number of hydrogen-bond acceptors (Lipinski definition) is 4. The van der Waals surface area contributed by atoms with Crippen molar-refractivity contribution in [2.75, 3.05) is 11.9 Å². The fourth-order valence-electron chi connectivity index (χ4n) is 2.27. The van der Waals surface area contributed by atoms with Gasteiger partial charge >= 0.3 is 0 Å². The van der Waals surface area contributed by atoms with Crippen LogP contribution >= 0.6 is 11.6 Å². The number of benzene rings is 1. The lowest BCUT2D eigenvalue weighted by molar-refractivity contribution is -0.125. The summed E-state index contributed by atoms with van der Waals surface area (Å²) < 4.78 is 0. The molecule has 8 heteroatoms. The Balaban J connectivity index is 1.89. The molecule has 0 unspecified atom stereocenters. The Kier molecular flexibility index (Phi) is 7.11. The fourth-order valence-corrected chi connectivity index (χ4v) is 2.40. The zero-order chi connectivity index (χ0) is 18.9. The van der Waals surface area contributed by atoms with Gasteiger partial charge < -0.3 is 16.0 Å². The Morgan fingerprint density at radius 2 is 1.85 bits per heavy atom. The van der Waals surface area contributed by atoms with E-state index in [1.54, 1.807) is 42.6 Å². The van der Waals surface area contributed by atoms with Gasteiger partial charge in [-0.3, -0.25) is 19.4 Å². The van der Waals surface area contributed by atoms with E-state index in [1.807, 2.05) is 0 Å². The summed E-state index contributed by atoms with van der Waals surface area (Å²) in [6.45, 7) is 1.20. The van der Waals surface area contributed by atoms with Gasteiger partial charge in [0.25, 0.3) is 0 Å². The van der Waals surface area contributed by atoms with E-state index in [2.05, 4.69) is 20.9 Å². The average Bonchev–Trinajstić information content (AvgIpc) is 2.60. The number of amides is 3. The molecule has 7 nitrogen and oxygen atoms in total. The second kappa shape index (κ2) is 9.53. The number of nitrogens with one attached hydrogen (secondary N) is 3. The molecule has 1 aromatic heterocycles. The molecule has 2 rings (SSSR count). The second-order valence-electron chi connectivity index (χ2n) is 5.58. The van der Waals surface area contributed by atoms with Crippen molar-refractivity contribution in [1.82, 2.24) is 15.6 Å². The van der Waals surface area contributed by atoms with E-state index in [0.29, 0.717) is 10.7 Å². The van der Waals surface area contributed by atoms with Gasteiger partial charge in [-0.1, -0.05) is 23.7 Å². The summed E-state index contributed by atoms with van der Waals surface area (Å²) in [5, 5.41) is 8.44. The molecule has 0 saturated carbocycles. The number of carbonyl (C=O) groups is 3. The van der Waals surface area contributed by atoms with Crippen LogP contribution in [0.5, 0.6) is 0 Å². The van der Waals surface area contributed by atoms with E-state index in [4.69, 9.17) is 11.6 Å². The van der Waals surface area contributed by atoms with Crippen LogP contribution in [0.2, 0.25) is 5.02 Å². The standard InChI is InChI=1S/C18H19ClN4O3/c1-12(24)22-16(13-4-6-14(19)7-5-13)9-17(25)21-11-18(26)23-15-3-2-8-20-10-15/h2-8,10,16H,9,11H2,1H3,(H,21,25)(H,22,24)(H,23,26)/t16-/m1/s1. The lowest BCUT2D eigenvalue weighted by Crippen LogP contribution is -2.36. The largest absolute Gasteiger partial charge is 0.349 e. The van der Waals surface area contributed by atoms with Crippen molar-refractivity contribution >= 4 is 35.0 Å². The van der Waals surface area contributed by atoms with Crippen LogP contribution in [0.1, 0.15) is 24.9 Å². The van der Waals surface area contributed by atoms with E-state index in [0.717, 1.165) is 5.56 Å². The maximum atomic E-state index is 12.2. The van der Waals surface area contributed by atoms with Crippen LogP contribution < -0.4 is 16.0 Å². The average molecular weight is 375 g/mol. The summed E-state index contributed by atoms with van der Waals surface area (Å²) in [6.07, 6.45) is 3.10. The molecule has 0 fully saturated rings. The summed E-state index contributed by atoms with van der Waals surface area (Å²) in [7, 11) is 0. The van der Waals surface area contributed by atoms with Crippen molar-refractivity contribution in [2.24, 2.45) is 0 Å². The number of carbonyl (C=O) groups excluding carboxylic acids is 3. The number of nitrogens with zero attached hydrogens (tertiary/aromatic N) is 1. The Morgan fingerprint density at radius 3 is 2.46 bits per heavy atom. The van der Waals surface area contributed by atoms with E-state index in [-0.39, 0.29) is 30.7 Å². The molecule has 0 aliphatic heterocycles. The topological polar surface area (TPSA) is 100 Å². The Morgan fingerprint density at radius 1 is 1.12 bits per heavy atom. The molecule has 1 heterocycles. The van der Waals surface area contributed by atoms with Gasteiger partial charge in [-0.15, -0.1) is 0 Å². The van der Waals surface area contributed by atoms with Crippen LogP contribution in [0.3, 0.4) is 0 Å². The zero-order valence-corrected chi connectivity index (χ0v) is 14.9. The third-order valence-corrected chi connectivity index (χ3v) is 3.68. The van der Waals surface area contributed by atoms with Gasteiger partial charge in [-0.05, 0) is 29.8 Å². The molecule has 1 aromatic carbocycles. The third-order valence-electron chi connectivity index (χ3n) is 3.43. The zero-order valence-electron chi connectivity index (χ0n) is 14.2. The molecule has 3 amide bonds. The van der Waals surface area contributed by atoms with Crippen LogP contribution in [-0.4, -0.2) is 29.3 Å². The highest BCUT2D eigenvalue weighted by Gasteiger charge is 2.17. The quantitative estimate of drug-likeness (QED) is 0.690. The monoisotopic (exact) mass is 374 g/mol. The lowest BCUT2D eigenvalue weighted by atomic mass is 10.0. The molecule has 136 valence electrons. The van der Waals surface area contributed by atoms with Gasteiger partial charge in [-0.25, -0.2) is 0 Å². The van der Waals surface area contributed by atoms with Gasteiger partial charge in [0, 0.05) is 18.1 Å². The summed E-state index contributed by atoms with van der Waals surface area (Å²) in [6, 6.07) is 9.73. The van der Waals surface area contributed by atoms with Gasteiger partial charge in [-0.2, -0.15) is 0 Å². The van der Waals surface area contributed by atoms with Crippen molar-refractivity contribution in [1.29, 1.82) is 0 Å². The maximum Gasteiger partial charge on any atom is 0.243 e. The summed E-state index contributed by atoms with van der Waals surface area (Å²) in [4.78, 5) is 39.3. The van der Waals surface area contributed by atoms with E-state index in [9.17, 15) is 14.4 Å². The summed E-state index contributed by atoms with van der Waals surface area (Å²) in [5.74, 6) is -0.985. The van der Waals surface area contributed by atoms with Gasteiger partial charge in [0.05, 0.1) is 30.9 Å². The lowest BCUT2D eigenvalue weighted by Gasteiger charge is -2.18.